The molecule has 0 radical (unpaired) electrons. The minimum absolute atomic E-state index is 1.00. The van der Waals surface area contributed by atoms with Crippen LogP contribution in [0.1, 0.15) is 12.0 Å². The smallest absolute Gasteiger partial charge is 0.0748 e. The minimum Gasteiger partial charge on any atom is -0.248 e. The number of benzene rings is 4. The largest absolute Gasteiger partial charge is 0.248 e. The maximum atomic E-state index is 3.69. The fourth-order valence-electron chi connectivity index (χ4n) is 4.87. The van der Waals surface area contributed by atoms with Crippen molar-refractivity contribution in [2.24, 2.45) is 0 Å². The number of nitrogens with zero attached hydrogens (tertiary/aromatic N) is 2. The molecular formula is C27H20Br2N2. The number of halogens is 2. The first-order valence-electron chi connectivity index (χ1n) is 10.5. The molecular weight excluding hydrogens is 512 g/mol. The Morgan fingerprint density at radius 1 is 0.613 bits per heavy atom. The van der Waals surface area contributed by atoms with Crippen LogP contribution in [0, 0.1) is 0 Å². The van der Waals surface area contributed by atoms with Gasteiger partial charge in [-0.3, -0.25) is 0 Å². The zero-order chi connectivity index (χ0) is 20.9. The molecule has 4 aromatic carbocycles. The number of hydrogen-bond acceptors (Lipinski definition) is 0. The Bertz CT molecular complexity index is 1540. The number of rotatable bonds is 4. The van der Waals surface area contributed by atoms with E-state index in [4.69, 9.17) is 0 Å². The predicted octanol–water partition coefficient (Wildman–Crippen LogP) is 8.30. The Morgan fingerprint density at radius 3 is 1.97 bits per heavy atom. The van der Waals surface area contributed by atoms with Gasteiger partial charge in [-0.15, -0.1) is 0 Å². The first-order chi connectivity index (χ1) is 15.3. The van der Waals surface area contributed by atoms with E-state index in [1.54, 1.807) is 0 Å². The monoisotopic (exact) mass is 530 g/mol. The summed E-state index contributed by atoms with van der Waals surface area (Å²) in [6.07, 6.45) is 2.15. The van der Waals surface area contributed by atoms with Crippen molar-refractivity contribution in [1.82, 2.24) is 9.35 Å². The van der Waals surface area contributed by atoms with Crippen molar-refractivity contribution in [3.63, 3.8) is 0 Å². The average Bonchev–Trinajstić information content (AvgIpc) is 3.30. The average molecular weight is 532 g/mol. The molecule has 2 nitrogen and oxygen atoms in total. The molecule has 0 spiro atoms. The topological polar surface area (TPSA) is 9.86 Å². The van der Waals surface area contributed by atoms with Crippen molar-refractivity contribution in [2.45, 2.75) is 12.8 Å². The quantitative estimate of drug-likeness (QED) is 0.202. The fraction of sp³-hybridized carbons (Fsp3) is 0.111. The molecule has 31 heavy (non-hydrogen) atoms. The zero-order valence-electron chi connectivity index (χ0n) is 16.9. The summed E-state index contributed by atoms with van der Waals surface area (Å²) in [5, 5.41) is 6.13. The van der Waals surface area contributed by atoms with E-state index in [1.807, 2.05) is 0 Å². The van der Waals surface area contributed by atoms with Gasteiger partial charge in [-0.1, -0.05) is 86.5 Å². The van der Waals surface area contributed by atoms with Crippen LogP contribution < -0.4 is 0 Å². The highest BCUT2D eigenvalue weighted by Crippen LogP contribution is 2.37. The third-order valence-corrected chi connectivity index (χ3v) is 7.20. The molecule has 0 bridgehead atoms. The summed E-state index contributed by atoms with van der Waals surface area (Å²) in [5.41, 5.74) is 6.34. The van der Waals surface area contributed by atoms with Crippen LogP contribution in [0.2, 0.25) is 0 Å². The van der Waals surface area contributed by atoms with E-state index in [-0.39, 0.29) is 0 Å². The Balaban J connectivity index is 1.85. The second kappa shape index (κ2) is 7.54. The van der Waals surface area contributed by atoms with E-state index in [2.05, 4.69) is 126 Å². The van der Waals surface area contributed by atoms with Crippen LogP contribution in [0.5, 0.6) is 0 Å². The lowest BCUT2D eigenvalue weighted by molar-refractivity contribution is 0.768. The highest BCUT2D eigenvalue weighted by molar-refractivity contribution is 9.10. The molecule has 152 valence electrons. The highest BCUT2D eigenvalue weighted by Gasteiger charge is 2.19. The van der Waals surface area contributed by atoms with Gasteiger partial charge < -0.3 is 0 Å². The first-order valence-corrected chi connectivity index (χ1v) is 12.5. The molecule has 0 unspecified atom stereocenters. The predicted molar refractivity (Wildman–Crippen MR) is 139 cm³/mol. The summed E-state index contributed by atoms with van der Waals surface area (Å²) < 4.78 is 5.94. The Morgan fingerprint density at radius 2 is 1.26 bits per heavy atom. The van der Waals surface area contributed by atoms with Gasteiger partial charge >= 0.3 is 0 Å². The molecule has 4 heteroatoms. The molecule has 2 heterocycles. The molecule has 0 amide bonds. The Hall–Kier alpha value is -2.56. The zero-order valence-corrected chi connectivity index (χ0v) is 20.0. The van der Waals surface area contributed by atoms with Crippen LogP contribution >= 0.6 is 31.9 Å². The Labute approximate surface area is 197 Å². The van der Waals surface area contributed by atoms with Crippen LogP contribution in [0.25, 0.3) is 43.6 Å². The minimum atomic E-state index is 1.00. The molecule has 0 aliphatic heterocycles. The van der Waals surface area contributed by atoms with Gasteiger partial charge in [0.2, 0.25) is 0 Å². The summed E-state index contributed by atoms with van der Waals surface area (Å²) in [7, 11) is 0. The van der Waals surface area contributed by atoms with Crippen molar-refractivity contribution in [1.29, 1.82) is 0 Å². The van der Waals surface area contributed by atoms with Crippen molar-refractivity contribution in [3.8, 4) is 0 Å². The number of fused-ring (bicyclic) bond motifs is 6. The van der Waals surface area contributed by atoms with Gasteiger partial charge in [0.15, 0.2) is 0 Å². The summed E-state index contributed by atoms with van der Waals surface area (Å²) in [5.74, 6) is 0. The van der Waals surface area contributed by atoms with E-state index < -0.39 is 0 Å². The maximum absolute atomic E-state index is 3.69. The molecule has 0 atom stereocenters. The van der Waals surface area contributed by atoms with E-state index in [0.29, 0.717) is 0 Å². The van der Waals surface area contributed by atoms with Crippen molar-refractivity contribution in [3.05, 3.63) is 95.0 Å². The first kappa shape index (κ1) is 19.1. The lowest BCUT2D eigenvalue weighted by atomic mass is 10.1. The van der Waals surface area contributed by atoms with Gasteiger partial charge in [-0.2, -0.15) is 0 Å². The highest BCUT2D eigenvalue weighted by atomic mass is 79.9. The number of aryl methyl sites for hydroxylation is 1. The van der Waals surface area contributed by atoms with Gasteiger partial charge in [0.25, 0.3) is 0 Å². The maximum Gasteiger partial charge on any atom is 0.0748 e. The van der Waals surface area contributed by atoms with Crippen LogP contribution in [0.3, 0.4) is 0 Å². The molecule has 0 fully saturated rings. The summed E-state index contributed by atoms with van der Waals surface area (Å²) in [6.45, 7) is 0. The van der Waals surface area contributed by atoms with Crippen LogP contribution in [-0.2, 0) is 6.42 Å². The number of alkyl halides is 1. The lowest BCUT2D eigenvalue weighted by Crippen LogP contribution is -2.09. The van der Waals surface area contributed by atoms with Crippen molar-refractivity contribution in [2.75, 3.05) is 5.33 Å². The lowest BCUT2D eigenvalue weighted by Gasteiger charge is -2.15. The van der Waals surface area contributed by atoms with Gasteiger partial charge in [-0.25, -0.2) is 9.35 Å². The van der Waals surface area contributed by atoms with E-state index >= 15 is 0 Å². The van der Waals surface area contributed by atoms with Gasteiger partial charge in [0.05, 0.1) is 22.1 Å². The fourth-order valence-corrected chi connectivity index (χ4v) is 5.51. The second-order valence-corrected chi connectivity index (χ2v) is 9.63. The van der Waals surface area contributed by atoms with Crippen LogP contribution in [0.4, 0.5) is 0 Å². The molecule has 0 saturated carbocycles. The molecule has 6 rings (SSSR count). The normalized spacial score (nSPS) is 11.9. The van der Waals surface area contributed by atoms with Crippen LogP contribution in [-0.4, -0.2) is 14.7 Å². The van der Waals surface area contributed by atoms with Gasteiger partial charge in [-0.05, 0) is 48.7 Å². The second-order valence-electron chi connectivity index (χ2n) is 7.93. The van der Waals surface area contributed by atoms with E-state index in [1.165, 1.54) is 49.2 Å². The molecule has 0 aliphatic rings. The number of para-hydroxylation sites is 3. The van der Waals surface area contributed by atoms with Gasteiger partial charge in [0.1, 0.15) is 0 Å². The van der Waals surface area contributed by atoms with Gasteiger partial charge in [0, 0.05) is 31.3 Å². The number of aromatic nitrogens is 2. The standard InChI is InChI=1S/C27H20Br2N2/c28-16-6-8-18-7-5-11-22-23-17-19(29)14-15-26(23)31(27(18)22)30-24-12-3-1-9-20(24)21-10-2-4-13-25(21)30/h1-5,7,9-15,17H,6,8,16H2. The molecule has 0 aliphatic carbocycles. The molecule has 6 aromatic rings. The van der Waals surface area contributed by atoms with Crippen molar-refractivity contribution >= 4 is 75.5 Å². The SMILES string of the molecule is BrCCCc1cccc2c3cc(Br)ccc3n(-n3c4ccccc4c4ccccc43)c12. The van der Waals surface area contributed by atoms with E-state index in [0.717, 1.165) is 22.6 Å². The van der Waals surface area contributed by atoms with E-state index in [9.17, 15) is 0 Å². The summed E-state index contributed by atoms with van der Waals surface area (Å²) >= 11 is 7.31. The van der Waals surface area contributed by atoms with Crippen molar-refractivity contribution < 1.29 is 0 Å². The van der Waals surface area contributed by atoms with Crippen LogP contribution in [0.15, 0.2) is 89.4 Å². The summed E-state index contributed by atoms with van der Waals surface area (Å²) in [6, 6.07) is 30.8. The summed E-state index contributed by atoms with van der Waals surface area (Å²) in [4.78, 5) is 0. The third kappa shape index (κ3) is 2.89. The molecule has 0 saturated heterocycles. The molecule has 2 aromatic heterocycles. The third-order valence-electron chi connectivity index (χ3n) is 6.14. The Kier molecular flexibility index (Phi) is 4.66. The number of hydrogen-bond donors (Lipinski definition) is 0. The molecule has 0 N–H and O–H groups in total.